The zero-order valence-corrected chi connectivity index (χ0v) is 13.0. The number of ether oxygens (including phenoxy) is 2. The Labute approximate surface area is 127 Å². The van der Waals surface area contributed by atoms with Gasteiger partial charge in [0.15, 0.2) is 0 Å². The fourth-order valence-corrected chi connectivity index (χ4v) is 3.27. The van der Waals surface area contributed by atoms with Crippen LogP contribution < -0.4 is 0 Å². The molecule has 5 nitrogen and oxygen atoms in total. The molecular weight excluding hydrogens is 270 g/mol. The maximum absolute atomic E-state index is 12.7. The summed E-state index contributed by atoms with van der Waals surface area (Å²) in [6, 6.07) is 0.268. The molecule has 0 N–H and O–H groups in total. The summed E-state index contributed by atoms with van der Waals surface area (Å²) in [6.45, 7) is 3.32. The van der Waals surface area contributed by atoms with Crippen molar-refractivity contribution >= 4 is 11.9 Å². The van der Waals surface area contributed by atoms with Gasteiger partial charge in [0.2, 0.25) is 0 Å². The predicted molar refractivity (Wildman–Crippen MR) is 78.8 cm³/mol. The van der Waals surface area contributed by atoms with Crippen molar-refractivity contribution in [1.82, 2.24) is 4.90 Å². The molecule has 1 aliphatic carbocycles. The standard InChI is InChI=1S/C16H27NO4/c1-2-20-15(18)10-11-17(13-7-4-3-5-8-13)16(19)14-9-6-12-21-14/h13-14H,2-12H2,1H3. The largest absolute Gasteiger partial charge is 0.466 e. The monoisotopic (exact) mass is 297 g/mol. The van der Waals surface area contributed by atoms with Crippen LogP contribution in [0, 0.1) is 0 Å². The Morgan fingerprint density at radius 3 is 2.52 bits per heavy atom. The zero-order chi connectivity index (χ0) is 15.1. The minimum absolute atomic E-state index is 0.0729. The lowest BCUT2D eigenvalue weighted by Gasteiger charge is -2.35. The predicted octanol–water partition coefficient (Wildman–Crippen LogP) is 2.28. The van der Waals surface area contributed by atoms with E-state index in [2.05, 4.69) is 0 Å². The first kappa shape index (κ1) is 16.3. The molecule has 0 radical (unpaired) electrons. The fourth-order valence-electron chi connectivity index (χ4n) is 3.27. The van der Waals surface area contributed by atoms with E-state index >= 15 is 0 Å². The van der Waals surface area contributed by atoms with Crippen LogP contribution >= 0.6 is 0 Å². The van der Waals surface area contributed by atoms with Crippen molar-refractivity contribution in [3.05, 3.63) is 0 Å². The molecule has 2 rings (SSSR count). The average Bonchev–Trinajstić information content (AvgIpc) is 3.03. The van der Waals surface area contributed by atoms with Crippen LogP contribution in [0.5, 0.6) is 0 Å². The summed E-state index contributed by atoms with van der Waals surface area (Å²) in [6.07, 6.45) is 7.41. The molecule has 1 aliphatic heterocycles. The third kappa shape index (κ3) is 4.70. The molecule has 120 valence electrons. The van der Waals surface area contributed by atoms with E-state index in [-0.39, 0.29) is 30.4 Å². The Bertz CT molecular complexity index is 346. The van der Waals surface area contributed by atoms with Crippen molar-refractivity contribution < 1.29 is 19.1 Å². The van der Waals surface area contributed by atoms with Crippen LogP contribution in [0.2, 0.25) is 0 Å². The van der Waals surface area contributed by atoms with E-state index in [9.17, 15) is 9.59 Å². The Balaban J connectivity index is 1.95. The van der Waals surface area contributed by atoms with E-state index in [0.717, 1.165) is 25.7 Å². The van der Waals surface area contributed by atoms with Gasteiger partial charge in [0.05, 0.1) is 13.0 Å². The number of nitrogens with zero attached hydrogens (tertiary/aromatic N) is 1. The number of carbonyl (C=O) groups excluding carboxylic acids is 2. The molecule has 2 fully saturated rings. The molecule has 1 saturated carbocycles. The second-order valence-electron chi connectivity index (χ2n) is 5.88. The summed E-state index contributed by atoms with van der Waals surface area (Å²) in [4.78, 5) is 26.1. The molecule has 0 aromatic rings. The van der Waals surface area contributed by atoms with Gasteiger partial charge in [0.1, 0.15) is 6.10 Å². The second kappa shape index (κ2) is 8.37. The molecule has 0 spiro atoms. The topological polar surface area (TPSA) is 55.8 Å². The van der Waals surface area contributed by atoms with Gasteiger partial charge in [0.25, 0.3) is 5.91 Å². The van der Waals surface area contributed by atoms with Crippen molar-refractivity contribution in [2.75, 3.05) is 19.8 Å². The minimum atomic E-state index is -0.297. The highest BCUT2D eigenvalue weighted by atomic mass is 16.5. The van der Waals surface area contributed by atoms with E-state index in [1.807, 2.05) is 4.90 Å². The van der Waals surface area contributed by atoms with Crippen LogP contribution in [-0.2, 0) is 19.1 Å². The van der Waals surface area contributed by atoms with Crippen molar-refractivity contribution in [2.45, 2.75) is 70.4 Å². The molecule has 1 unspecified atom stereocenters. The van der Waals surface area contributed by atoms with Crippen molar-refractivity contribution in [3.8, 4) is 0 Å². The third-order valence-electron chi connectivity index (χ3n) is 4.37. The highest BCUT2D eigenvalue weighted by Gasteiger charge is 2.33. The van der Waals surface area contributed by atoms with Gasteiger partial charge in [-0.15, -0.1) is 0 Å². The van der Waals surface area contributed by atoms with E-state index in [4.69, 9.17) is 9.47 Å². The van der Waals surface area contributed by atoms with Crippen molar-refractivity contribution in [3.63, 3.8) is 0 Å². The molecule has 5 heteroatoms. The SMILES string of the molecule is CCOC(=O)CCN(C(=O)C1CCCO1)C1CCCCC1. The average molecular weight is 297 g/mol. The Kier molecular flexibility index (Phi) is 6.49. The quantitative estimate of drug-likeness (QED) is 0.706. The van der Waals surface area contributed by atoms with Crippen LogP contribution in [0.25, 0.3) is 0 Å². The van der Waals surface area contributed by atoms with Crippen molar-refractivity contribution in [2.24, 2.45) is 0 Å². The molecule has 1 saturated heterocycles. The molecule has 1 heterocycles. The van der Waals surface area contributed by atoms with E-state index < -0.39 is 0 Å². The number of hydrogen-bond donors (Lipinski definition) is 0. The summed E-state index contributed by atoms with van der Waals surface area (Å²) in [5.74, 6) is -0.151. The number of esters is 1. The summed E-state index contributed by atoms with van der Waals surface area (Å²) >= 11 is 0. The van der Waals surface area contributed by atoms with Gasteiger partial charge in [0, 0.05) is 19.2 Å². The molecule has 21 heavy (non-hydrogen) atoms. The number of rotatable bonds is 6. The van der Waals surface area contributed by atoms with Gasteiger partial charge in [-0.2, -0.15) is 0 Å². The number of hydrogen-bond acceptors (Lipinski definition) is 4. The highest BCUT2D eigenvalue weighted by Crippen LogP contribution is 2.25. The lowest BCUT2D eigenvalue weighted by atomic mass is 9.93. The third-order valence-corrected chi connectivity index (χ3v) is 4.37. The molecule has 1 amide bonds. The van der Waals surface area contributed by atoms with Crippen LogP contribution in [0.3, 0.4) is 0 Å². The fraction of sp³-hybridized carbons (Fsp3) is 0.875. The highest BCUT2D eigenvalue weighted by molar-refractivity contribution is 5.82. The number of carbonyl (C=O) groups is 2. The summed E-state index contributed by atoms with van der Waals surface area (Å²) < 4.78 is 10.5. The Hall–Kier alpha value is -1.10. The zero-order valence-electron chi connectivity index (χ0n) is 13.0. The second-order valence-corrected chi connectivity index (χ2v) is 5.88. The van der Waals surface area contributed by atoms with Gasteiger partial charge in [-0.1, -0.05) is 19.3 Å². The van der Waals surface area contributed by atoms with E-state index in [1.54, 1.807) is 6.92 Å². The smallest absolute Gasteiger partial charge is 0.307 e. The van der Waals surface area contributed by atoms with E-state index in [1.165, 1.54) is 19.3 Å². The first-order chi connectivity index (χ1) is 10.2. The molecule has 1 atom stereocenters. The van der Waals surface area contributed by atoms with Crippen LogP contribution in [0.15, 0.2) is 0 Å². The minimum Gasteiger partial charge on any atom is -0.466 e. The molecule has 0 aromatic carbocycles. The van der Waals surface area contributed by atoms with Gasteiger partial charge in [-0.3, -0.25) is 9.59 Å². The van der Waals surface area contributed by atoms with Gasteiger partial charge in [-0.25, -0.2) is 0 Å². The van der Waals surface area contributed by atoms with E-state index in [0.29, 0.717) is 19.8 Å². The number of amides is 1. The summed E-state index contributed by atoms with van der Waals surface area (Å²) in [5.41, 5.74) is 0. The lowest BCUT2D eigenvalue weighted by Crippen LogP contribution is -2.47. The first-order valence-electron chi connectivity index (χ1n) is 8.30. The maximum Gasteiger partial charge on any atom is 0.307 e. The molecular formula is C16H27NO4. The van der Waals surface area contributed by atoms with Crippen LogP contribution in [0.1, 0.15) is 58.3 Å². The van der Waals surface area contributed by atoms with Gasteiger partial charge in [-0.05, 0) is 32.6 Å². The Morgan fingerprint density at radius 2 is 1.90 bits per heavy atom. The lowest BCUT2D eigenvalue weighted by molar-refractivity contribution is -0.147. The summed E-state index contributed by atoms with van der Waals surface area (Å²) in [7, 11) is 0. The van der Waals surface area contributed by atoms with Gasteiger partial charge >= 0.3 is 5.97 Å². The van der Waals surface area contributed by atoms with Crippen LogP contribution in [0.4, 0.5) is 0 Å². The molecule has 2 aliphatic rings. The van der Waals surface area contributed by atoms with Crippen molar-refractivity contribution in [1.29, 1.82) is 0 Å². The summed E-state index contributed by atoms with van der Waals surface area (Å²) in [5, 5.41) is 0. The first-order valence-corrected chi connectivity index (χ1v) is 8.30. The molecule has 0 bridgehead atoms. The maximum atomic E-state index is 12.7. The normalized spacial score (nSPS) is 23.0. The Morgan fingerprint density at radius 1 is 1.14 bits per heavy atom. The van der Waals surface area contributed by atoms with Crippen LogP contribution in [-0.4, -0.2) is 48.7 Å². The van der Waals surface area contributed by atoms with Gasteiger partial charge < -0.3 is 14.4 Å². The molecule has 0 aromatic heterocycles.